The summed E-state index contributed by atoms with van der Waals surface area (Å²) in [5.41, 5.74) is 0.941. The monoisotopic (exact) mass is 197 g/mol. The van der Waals surface area contributed by atoms with Crippen molar-refractivity contribution in [2.45, 2.75) is 0 Å². The van der Waals surface area contributed by atoms with Crippen molar-refractivity contribution in [3.05, 3.63) is 30.3 Å². The molecule has 0 aliphatic heterocycles. The molecule has 49 valence electrons. The van der Waals surface area contributed by atoms with Crippen LogP contribution in [-0.4, -0.2) is 16.0 Å². The Morgan fingerprint density at radius 3 is 2.80 bits per heavy atom. The Bertz CT molecular complexity index is 318. The normalized spacial score (nSPS) is 10.4. The van der Waals surface area contributed by atoms with Gasteiger partial charge in [-0.25, -0.2) is 0 Å². The van der Waals surface area contributed by atoms with Gasteiger partial charge >= 0.3 is 66.4 Å². The van der Waals surface area contributed by atoms with Crippen LogP contribution in [0.1, 0.15) is 0 Å². The average molecular weight is 196 g/mol. The first-order chi connectivity index (χ1) is 4.86. The molecule has 1 aromatic carbocycles. The number of hydrogen-bond donors (Lipinski definition) is 0. The Morgan fingerprint density at radius 2 is 2.00 bits per heavy atom. The molecule has 2 rings (SSSR count). The molecular weight excluding hydrogens is 191 g/mol. The van der Waals surface area contributed by atoms with Gasteiger partial charge < -0.3 is 0 Å². The number of benzene rings is 1. The SMILES string of the molecule is [Se]c1cc2ccccc2o1. The zero-order valence-electron chi connectivity index (χ0n) is 5.20. The molecular formula is C8H5OSe. The Labute approximate surface area is 66.8 Å². The first-order valence-electron chi connectivity index (χ1n) is 3.02. The van der Waals surface area contributed by atoms with Gasteiger partial charge in [-0.1, -0.05) is 0 Å². The van der Waals surface area contributed by atoms with Crippen molar-refractivity contribution < 1.29 is 4.42 Å². The summed E-state index contributed by atoms with van der Waals surface area (Å²) in [6.07, 6.45) is 0. The van der Waals surface area contributed by atoms with Crippen molar-refractivity contribution in [3.8, 4) is 0 Å². The van der Waals surface area contributed by atoms with E-state index in [0.29, 0.717) is 0 Å². The first-order valence-corrected chi connectivity index (χ1v) is 3.87. The van der Waals surface area contributed by atoms with Gasteiger partial charge in [0.1, 0.15) is 0 Å². The minimum absolute atomic E-state index is 0.848. The molecule has 1 aromatic heterocycles. The summed E-state index contributed by atoms with van der Waals surface area (Å²) in [6, 6.07) is 9.92. The number of rotatable bonds is 0. The second kappa shape index (κ2) is 2.15. The Morgan fingerprint density at radius 1 is 1.20 bits per heavy atom. The number of hydrogen-bond acceptors (Lipinski definition) is 1. The molecule has 0 fully saturated rings. The first kappa shape index (κ1) is 6.02. The molecule has 0 spiro atoms. The van der Waals surface area contributed by atoms with Crippen LogP contribution in [0.5, 0.6) is 0 Å². The summed E-state index contributed by atoms with van der Waals surface area (Å²) in [5, 5.41) is 1.15. The zero-order chi connectivity index (χ0) is 6.97. The van der Waals surface area contributed by atoms with Gasteiger partial charge in [-0.3, -0.25) is 0 Å². The maximum atomic E-state index is 5.31. The van der Waals surface area contributed by atoms with Gasteiger partial charge in [-0.15, -0.1) is 0 Å². The van der Waals surface area contributed by atoms with Crippen molar-refractivity contribution in [1.29, 1.82) is 0 Å². The summed E-state index contributed by atoms with van der Waals surface area (Å²) < 4.78 is 6.16. The Balaban J connectivity index is 2.88. The van der Waals surface area contributed by atoms with Gasteiger partial charge in [0.25, 0.3) is 0 Å². The summed E-state index contributed by atoms with van der Waals surface area (Å²) in [7, 11) is 0. The fraction of sp³-hybridized carbons (Fsp3) is 0. The third-order valence-corrected chi connectivity index (χ3v) is 1.83. The fourth-order valence-corrected chi connectivity index (χ4v) is 1.41. The van der Waals surface area contributed by atoms with Gasteiger partial charge in [0.2, 0.25) is 0 Å². The van der Waals surface area contributed by atoms with Crippen LogP contribution in [0.4, 0.5) is 0 Å². The van der Waals surface area contributed by atoms with E-state index in [1.165, 1.54) is 0 Å². The molecule has 10 heavy (non-hydrogen) atoms. The fourth-order valence-electron chi connectivity index (χ4n) is 0.958. The number of furan rings is 1. The molecule has 1 nitrogen and oxygen atoms in total. The average Bonchev–Trinajstić information content (AvgIpc) is 2.27. The van der Waals surface area contributed by atoms with Crippen molar-refractivity contribution in [2.75, 3.05) is 0 Å². The van der Waals surface area contributed by atoms with Crippen molar-refractivity contribution in [1.82, 2.24) is 0 Å². The second-order valence-electron chi connectivity index (χ2n) is 2.10. The van der Waals surface area contributed by atoms with Crippen LogP contribution in [-0.2, 0) is 0 Å². The summed E-state index contributed by atoms with van der Waals surface area (Å²) in [4.78, 5) is 0. The molecule has 0 N–H and O–H groups in total. The van der Waals surface area contributed by atoms with E-state index >= 15 is 0 Å². The van der Waals surface area contributed by atoms with Gasteiger partial charge in [0.15, 0.2) is 0 Å². The van der Waals surface area contributed by atoms with E-state index in [9.17, 15) is 0 Å². The van der Waals surface area contributed by atoms with Crippen LogP contribution in [0.25, 0.3) is 11.0 Å². The van der Waals surface area contributed by atoms with Crippen LogP contribution in [0.15, 0.2) is 34.7 Å². The van der Waals surface area contributed by atoms with Gasteiger partial charge in [-0.2, -0.15) is 0 Å². The van der Waals surface area contributed by atoms with Gasteiger partial charge in [0.05, 0.1) is 0 Å². The summed E-state index contributed by atoms with van der Waals surface area (Å²) in [5.74, 6) is 0. The molecule has 0 saturated heterocycles. The molecule has 0 aliphatic rings. The quantitative estimate of drug-likeness (QED) is 0.577. The van der Waals surface area contributed by atoms with Crippen LogP contribution in [0.3, 0.4) is 0 Å². The number of fused-ring (bicyclic) bond motifs is 1. The van der Waals surface area contributed by atoms with Crippen molar-refractivity contribution >= 4 is 31.6 Å². The zero-order valence-corrected chi connectivity index (χ0v) is 6.92. The molecule has 0 atom stereocenters. The molecule has 0 amide bonds. The maximum absolute atomic E-state index is 5.31. The van der Waals surface area contributed by atoms with E-state index < -0.39 is 0 Å². The molecule has 1 radical (unpaired) electrons. The third kappa shape index (κ3) is 0.859. The van der Waals surface area contributed by atoms with Gasteiger partial charge in [0, 0.05) is 0 Å². The van der Waals surface area contributed by atoms with E-state index in [1.54, 1.807) is 0 Å². The van der Waals surface area contributed by atoms with Crippen LogP contribution < -0.4 is 4.66 Å². The predicted molar refractivity (Wildman–Crippen MR) is 41.6 cm³/mol. The molecule has 2 aromatic rings. The second-order valence-corrected chi connectivity index (χ2v) is 2.95. The van der Waals surface area contributed by atoms with E-state index in [0.717, 1.165) is 15.6 Å². The van der Waals surface area contributed by atoms with Crippen LogP contribution in [0.2, 0.25) is 0 Å². The molecule has 0 saturated carbocycles. The van der Waals surface area contributed by atoms with Crippen molar-refractivity contribution in [2.24, 2.45) is 0 Å². The van der Waals surface area contributed by atoms with E-state index in [-0.39, 0.29) is 0 Å². The van der Waals surface area contributed by atoms with E-state index in [1.807, 2.05) is 30.3 Å². The van der Waals surface area contributed by atoms with Gasteiger partial charge in [-0.05, 0) is 0 Å². The molecule has 0 bridgehead atoms. The topological polar surface area (TPSA) is 13.1 Å². The summed E-state index contributed by atoms with van der Waals surface area (Å²) in [6.45, 7) is 0. The number of para-hydroxylation sites is 1. The Hall–Kier alpha value is -0.721. The van der Waals surface area contributed by atoms with Crippen LogP contribution in [0, 0.1) is 0 Å². The standard InChI is InChI=1S/C8H5OSe/c10-8-5-6-3-1-2-4-7(6)9-8/h1-5H. The van der Waals surface area contributed by atoms with E-state index in [2.05, 4.69) is 16.0 Å². The summed E-state index contributed by atoms with van der Waals surface area (Å²) >= 11 is 2.82. The Kier molecular flexibility index (Phi) is 1.30. The molecule has 0 unspecified atom stereocenters. The minimum atomic E-state index is 0.848. The third-order valence-electron chi connectivity index (χ3n) is 1.40. The molecule has 1 heterocycles. The predicted octanol–water partition coefficient (Wildman–Crippen LogP) is 1.23. The molecule has 2 heteroatoms. The van der Waals surface area contributed by atoms with Crippen molar-refractivity contribution in [3.63, 3.8) is 0 Å². The van der Waals surface area contributed by atoms with Crippen LogP contribution >= 0.6 is 0 Å². The van der Waals surface area contributed by atoms with E-state index in [4.69, 9.17) is 4.42 Å². The molecule has 0 aliphatic carbocycles.